The molecule has 8 rings (SSSR count). The maximum atomic E-state index is 12.1. The molecule has 0 aliphatic carbocycles. The third kappa shape index (κ3) is 17.7. The standard InChI is InChI=1S/C18H15NO2.C16H11NO2.C16H14O4.C16H14O2/c1-12-8-14(9-13(2)18(12)21)6-7-17(20)16-5-3-4-15(10-16)11-19;17-11-13-7-5-12(6-8-13)9-10-16(19)14-3-1-2-4-15(14)18;1-20-16-10-13(18)7-8-14(16)15(19)9-4-11-2-5-12(17)6-3-11;1-12-6-2-3-7-13(12)10-11-16(18)14-8-4-5-9-15(14)17/h3-10,21H,1-2H3;1-10,18H;2-10,17-18H,1H3;2-11,17H,1H3/b7-6+;10-9+;9-4+;11-10+. The van der Waals surface area contributed by atoms with E-state index in [4.69, 9.17) is 15.3 Å². The molecule has 0 fully saturated rings. The van der Waals surface area contributed by atoms with Gasteiger partial charge in [-0.05, 0) is 169 Å². The van der Waals surface area contributed by atoms with Crippen LogP contribution in [0.25, 0.3) is 24.3 Å². The number of methoxy groups -OCH3 is 1. The van der Waals surface area contributed by atoms with E-state index in [-0.39, 0.29) is 57.4 Å². The number of carbonyl (C=O) groups is 4. The van der Waals surface area contributed by atoms with Crippen molar-refractivity contribution in [2.45, 2.75) is 20.8 Å². The zero-order valence-corrected chi connectivity index (χ0v) is 43.0. The second-order valence-electron chi connectivity index (χ2n) is 17.1. The Morgan fingerprint density at radius 3 is 1.44 bits per heavy atom. The molecule has 0 unspecified atom stereocenters. The minimum absolute atomic E-state index is 0.0110. The van der Waals surface area contributed by atoms with E-state index in [9.17, 15) is 44.7 Å². The molecule has 8 aromatic rings. The number of carbonyl (C=O) groups excluding carboxylic acids is 4. The van der Waals surface area contributed by atoms with Crippen LogP contribution in [-0.4, -0.2) is 55.8 Å². The van der Waals surface area contributed by atoms with Crippen molar-refractivity contribution in [2.24, 2.45) is 0 Å². The number of ketones is 4. The highest BCUT2D eigenvalue weighted by molar-refractivity contribution is 6.10. The lowest BCUT2D eigenvalue weighted by Gasteiger charge is -2.05. The van der Waals surface area contributed by atoms with Crippen molar-refractivity contribution in [1.82, 2.24) is 0 Å². The van der Waals surface area contributed by atoms with Crippen LogP contribution in [0.5, 0.6) is 34.5 Å². The highest BCUT2D eigenvalue weighted by Crippen LogP contribution is 2.26. The Hall–Kier alpha value is -10.8. The number of para-hydroxylation sites is 2. The van der Waals surface area contributed by atoms with Crippen molar-refractivity contribution < 1.29 is 49.4 Å². The molecule has 388 valence electrons. The van der Waals surface area contributed by atoms with Gasteiger partial charge in [-0.2, -0.15) is 10.5 Å². The van der Waals surface area contributed by atoms with Gasteiger partial charge in [-0.3, -0.25) is 19.2 Å². The summed E-state index contributed by atoms with van der Waals surface area (Å²) in [5, 5.41) is 64.9. The van der Waals surface area contributed by atoms with Crippen molar-refractivity contribution >= 4 is 47.4 Å². The molecule has 0 amide bonds. The van der Waals surface area contributed by atoms with E-state index in [1.54, 1.807) is 133 Å². The number of nitriles is 2. The Morgan fingerprint density at radius 1 is 0.423 bits per heavy atom. The number of phenols is 5. The highest BCUT2D eigenvalue weighted by atomic mass is 16.5. The highest BCUT2D eigenvalue weighted by Gasteiger charge is 2.11. The molecule has 0 saturated carbocycles. The maximum Gasteiger partial charge on any atom is 0.189 e. The molecule has 12 heteroatoms. The minimum Gasteiger partial charge on any atom is -0.508 e. The van der Waals surface area contributed by atoms with Crippen molar-refractivity contribution in [3.05, 3.63) is 273 Å². The third-order valence-corrected chi connectivity index (χ3v) is 11.4. The van der Waals surface area contributed by atoms with Crippen molar-refractivity contribution in [3.63, 3.8) is 0 Å². The molecule has 0 saturated heterocycles. The lowest BCUT2D eigenvalue weighted by Crippen LogP contribution is -1.98. The van der Waals surface area contributed by atoms with E-state index < -0.39 is 0 Å². The monoisotopic (exact) mass is 1030 g/mol. The van der Waals surface area contributed by atoms with Gasteiger partial charge in [-0.15, -0.1) is 0 Å². The first-order valence-electron chi connectivity index (χ1n) is 24.0. The molecule has 0 aliphatic rings. The number of phenolic OH excluding ortho intramolecular Hbond substituents is 5. The quantitative estimate of drug-likeness (QED) is 0.0537. The summed E-state index contributed by atoms with van der Waals surface area (Å²) in [6.07, 6.45) is 12.5. The molecule has 8 aromatic carbocycles. The lowest BCUT2D eigenvalue weighted by atomic mass is 10.0. The van der Waals surface area contributed by atoms with Gasteiger partial charge in [0.2, 0.25) is 0 Å². The number of hydrogen-bond acceptors (Lipinski definition) is 12. The molecular formula is C66H54N2O10. The number of ether oxygens (including phenoxy) is 1. The summed E-state index contributed by atoms with van der Waals surface area (Å²) in [7, 11) is 1.44. The van der Waals surface area contributed by atoms with Crippen molar-refractivity contribution in [1.29, 1.82) is 10.5 Å². The summed E-state index contributed by atoms with van der Waals surface area (Å²) in [5.74, 6) is -0.0433. The topological polar surface area (TPSA) is 226 Å². The van der Waals surface area contributed by atoms with Crippen LogP contribution in [0.15, 0.2) is 200 Å². The third-order valence-electron chi connectivity index (χ3n) is 11.4. The fourth-order valence-electron chi connectivity index (χ4n) is 7.15. The molecule has 0 bridgehead atoms. The SMILES string of the molecule is COc1cc(O)ccc1C(=O)/C=C/c1ccc(O)cc1.Cc1cc(/C=C/C(=O)c2cccc(C#N)c2)cc(C)c1O.Cc1ccccc1/C=C/C(=O)c1ccccc1O.N#Cc1ccc(/C=C/C(=O)c2ccccc2O)cc1. The molecule has 0 radical (unpaired) electrons. The number of hydrogen-bond donors (Lipinski definition) is 5. The summed E-state index contributed by atoms with van der Waals surface area (Å²) in [6, 6.07) is 52.8. The van der Waals surface area contributed by atoms with Crippen LogP contribution in [0.3, 0.4) is 0 Å². The Kier molecular flexibility index (Phi) is 21.7. The fourth-order valence-corrected chi connectivity index (χ4v) is 7.15. The molecule has 12 nitrogen and oxygen atoms in total. The second-order valence-corrected chi connectivity index (χ2v) is 17.1. The van der Waals surface area contributed by atoms with Crippen LogP contribution >= 0.6 is 0 Å². The van der Waals surface area contributed by atoms with Crippen LogP contribution in [0.2, 0.25) is 0 Å². The van der Waals surface area contributed by atoms with Crippen LogP contribution in [-0.2, 0) is 0 Å². The summed E-state index contributed by atoms with van der Waals surface area (Å²) in [4.78, 5) is 47.9. The predicted molar refractivity (Wildman–Crippen MR) is 304 cm³/mol. The smallest absolute Gasteiger partial charge is 0.189 e. The van der Waals surface area contributed by atoms with Crippen molar-refractivity contribution in [2.75, 3.05) is 7.11 Å². The second kappa shape index (κ2) is 29.2. The van der Waals surface area contributed by atoms with E-state index >= 15 is 0 Å². The van der Waals surface area contributed by atoms with E-state index in [0.717, 1.165) is 38.9 Å². The minimum atomic E-state index is -0.262. The molecular weight excluding hydrogens is 981 g/mol. The van der Waals surface area contributed by atoms with Gasteiger partial charge in [0, 0.05) is 11.6 Å². The fraction of sp³-hybridized carbons (Fsp3) is 0.0606. The molecule has 0 spiro atoms. The summed E-state index contributed by atoms with van der Waals surface area (Å²) in [5.41, 5.74) is 8.62. The Morgan fingerprint density at radius 2 is 0.897 bits per heavy atom. The van der Waals surface area contributed by atoms with Gasteiger partial charge in [0.15, 0.2) is 23.1 Å². The van der Waals surface area contributed by atoms with Crippen LogP contribution in [0.1, 0.15) is 91.5 Å². The number of rotatable bonds is 13. The van der Waals surface area contributed by atoms with E-state index in [0.29, 0.717) is 33.6 Å². The largest absolute Gasteiger partial charge is 0.508 e. The normalized spacial score (nSPS) is 10.5. The van der Waals surface area contributed by atoms with Gasteiger partial charge in [0.25, 0.3) is 0 Å². The average Bonchev–Trinajstić information content (AvgIpc) is 3.45. The predicted octanol–water partition coefficient (Wildman–Crippen LogP) is 13.5. The summed E-state index contributed by atoms with van der Waals surface area (Å²) in [6.45, 7) is 5.62. The molecule has 0 aliphatic heterocycles. The van der Waals surface area contributed by atoms with Gasteiger partial charge in [0.1, 0.15) is 34.5 Å². The van der Waals surface area contributed by atoms with E-state index in [2.05, 4.69) is 0 Å². The Bertz CT molecular complexity index is 3610. The molecule has 0 aromatic heterocycles. The van der Waals surface area contributed by atoms with Gasteiger partial charge >= 0.3 is 0 Å². The number of benzene rings is 8. The first-order chi connectivity index (χ1) is 37.5. The number of aryl methyl sites for hydroxylation is 3. The average molecular weight is 1040 g/mol. The number of nitrogens with zero attached hydrogens (tertiary/aromatic N) is 2. The van der Waals surface area contributed by atoms with Gasteiger partial charge in [-0.25, -0.2) is 0 Å². The first kappa shape index (κ1) is 58.1. The zero-order valence-electron chi connectivity index (χ0n) is 43.0. The number of aromatic hydroxyl groups is 5. The molecule has 0 atom stereocenters. The molecule has 0 heterocycles. The maximum absolute atomic E-state index is 12.1. The lowest BCUT2D eigenvalue weighted by molar-refractivity contribution is 0.103. The zero-order chi connectivity index (χ0) is 56.6. The van der Waals surface area contributed by atoms with Gasteiger partial charge in [0.05, 0.1) is 47.1 Å². The van der Waals surface area contributed by atoms with Gasteiger partial charge in [-0.1, -0.05) is 109 Å². The summed E-state index contributed by atoms with van der Waals surface area (Å²) < 4.78 is 5.07. The van der Waals surface area contributed by atoms with Gasteiger partial charge < -0.3 is 30.3 Å². The van der Waals surface area contributed by atoms with E-state index in [1.807, 2.05) is 69.3 Å². The molecule has 78 heavy (non-hydrogen) atoms. The van der Waals surface area contributed by atoms with E-state index in [1.165, 1.54) is 61.7 Å². The Labute approximate surface area is 452 Å². The van der Waals surface area contributed by atoms with Crippen LogP contribution in [0, 0.1) is 43.4 Å². The number of allylic oxidation sites excluding steroid dienone is 4. The first-order valence-corrected chi connectivity index (χ1v) is 24.0. The summed E-state index contributed by atoms with van der Waals surface area (Å²) >= 11 is 0. The molecule has 5 N–H and O–H groups in total. The van der Waals surface area contributed by atoms with Crippen LogP contribution in [0.4, 0.5) is 0 Å². The van der Waals surface area contributed by atoms with Crippen LogP contribution < -0.4 is 4.74 Å². The van der Waals surface area contributed by atoms with Crippen molar-refractivity contribution in [3.8, 4) is 46.6 Å². The Balaban J connectivity index is 0.000000192.